The summed E-state index contributed by atoms with van der Waals surface area (Å²) in [6.07, 6.45) is 0. The average Bonchev–Trinajstić information content (AvgIpc) is 2.89. The zero-order valence-electron chi connectivity index (χ0n) is 11.6. The minimum Gasteiger partial charge on any atom is -0.135 e. The van der Waals surface area contributed by atoms with E-state index in [1.165, 1.54) is 36.9 Å². The number of halogens is 1. The average molecular weight is 353 g/mol. The van der Waals surface area contributed by atoms with Crippen LogP contribution in [0.5, 0.6) is 0 Å². The Kier molecular flexibility index (Phi) is 3.09. The second-order valence-corrected chi connectivity index (χ2v) is 7.33. The number of hydrogen-bond donors (Lipinski definition) is 0. The van der Waals surface area contributed by atoms with Crippen LogP contribution in [0.2, 0.25) is 0 Å². The molecule has 21 heavy (non-hydrogen) atoms. The van der Waals surface area contributed by atoms with E-state index in [-0.39, 0.29) is 0 Å². The summed E-state index contributed by atoms with van der Waals surface area (Å²) < 4.78 is 2.46. The monoisotopic (exact) mass is 352 g/mol. The fourth-order valence-corrected chi connectivity index (χ4v) is 4.45. The molecule has 4 aromatic rings. The fraction of sp³-hybridized carbons (Fsp3) is 0.0526. The zero-order chi connectivity index (χ0) is 14.4. The summed E-state index contributed by atoms with van der Waals surface area (Å²) in [5.74, 6) is 0. The van der Waals surface area contributed by atoms with Gasteiger partial charge in [-0.15, -0.1) is 11.3 Å². The van der Waals surface area contributed by atoms with Crippen LogP contribution in [0.3, 0.4) is 0 Å². The molecule has 0 amide bonds. The first-order valence-electron chi connectivity index (χ1n) is 6.89. The molecule has 1 aromatic heterocycles. The fourth-order valence-electron chi connectivity index (χ4n) is 2.80. The first-order chi connectivity index (χ1) is 10.2. The zero-order valence-corrected chi connectivity index (χ0v) is 14.0. The summed E-state index contributed by atoms with van der Waals surface area (Å²) in [5, 5.41) is 3.95. The Morgan fingerprint density at radius 3 is 2.62 bits per heavy atom. The van der Waals surface area contributed by atoms with Crippen molar-refractivity contribution < 1.29 is 0 Å². The van der Waals surface area contributed by atoms with Crippen molar-refractivity contribution in [2.24, 2.45) is 0 Å². The van der Waals surface area contributed by atoms with Crippen LogP contribution >= 0.6 is 27.3 Å². The van der Waals surface area contributed by atoms with Crippen LogP contribution in [-0.2, 0) is 0 Å². The minimum absolute atomic E-state index is 1.14. The van der Waals surface area contributed by atoms with E-state index < -0.39 is 0 Å². The molecule has 0 saturated carbocycles. The lowest BCUT2D eigenvalue weighted by Gasteiger charge is -2.06. The summed E-state index contributed by atoms with van der Waals surface area (Å²) in [4.78, 5) is 1.34. The van der Waals surface area contributed by atoms with E-state index in [1.54, 1.807) is 0 Å². The number of benzene rings is 3. The minimum atomic E-state index is 1.14. The van der Waals surface area contributed by atoms with Crippen molar-refractivity contribution in [1.29, 1.82) is 0 Å². The Hall–Kier alpha value is -1.64. The lowest BCUT2D eigenvalue weighted by Crippen LogP contribution is -1.81. The van der Waals surface area contributed by atoms with E-state index in [4.69, 9.17) is 0 Å². The van der Waals surface area contributed by atoms with Crippen molar-refractivity contribution in [1.82, 2.24) is 0 Å². The van der Waals surface area contributed by atoms with Gasteiger partial charge in [0.05, 0.1) is 0 Å². The molecule has 0 atom stereocenters. The lowest BCUT2D eigenvalue weighted by molar-refractivity contribution is 1.51. The van der Waals surface area contributed by atoms with Gasteiger partial charge in [-0.1, -0.05) is 52.3 Å². The highest BCUT2D eigenvalue weighted by Crippen LogP contribution is 2.38. The standard InChI is InChI=1S/C19H13BrS/c1-12-8-13-4-2-3-5-16(13)17(9-12)19-10-14-6-7-15(20)11-18(14)21-19/h2-11H,1H3. The highest BCUT2D eigenvalue weighted by molar-refractivity contribution is 9.10. The normalized spacial score (nSPS) is 11.3. The molecule has 1 heterocycles. The number of thiophene rings is 1. The Morgan fingerprint density at radius 1 is 0.857 bits per heavy atom. The molecule has 0 fully saturated rings. The Labute approximate surface area is 136 Å². The van der Waals surface area contributed by atoms with E-state index in [2.05, 4.69) is 83.5 Å². The van der Waals surface area contributed by atoms with Crippen LogP contribution in [0.15, 0.2) is 65.1 Å². The second-order valence-electron chi connectivity index (χ2n) is 5.33. The van der Waals surface area contributed by atoms with Crippen LogP contribution < -0.4 is 0 Å². The van der Waals surface area contributed by atoms with Crippen molar-refractivity contribution in [2.45, 2.75) is 6.92 Å². The highest BCUT2D eigenvalue weighted by Gasteiger charge is 2.09. The van der Waals surface area contributed by atoms with Crippen LogP contribution in [-0.4, -0.2) is 0 Å². The summed E-state index contributed by atoms with van der Waals surface area (Å²) in [7, 11) is 0. The summed E-state index contributed by atoms with van der Waals surface area (Å²) in [5.41, 5.74) is 2.64. The summed E-state index contributed by atoms with van der Waals surface area (Å²) in [6.45, 7) is 2.17. The molecule has 4 rings (SSSR count). The number of hydrogen-bond acceptors (Lipinski definition) is 1. The highest BCUT2D eigenvalue weighted by atomic mass is 79.9. The maximum Gasteiger partial charge on any atom is 0.0361 e. The van der Waals surface area contributed by atoms with Crippen molar-refractivity contribution in [3.05, 3.63) is 70.7 Å². The maximum atomic E-state index is 3.56. The maximum absolute atomic E-state index is 3.56. The van der Waals surface area contributed by atoms with Gasteiger partial charge in [-0.05, 0) is 58.5 Å². The van der Waals surface area contributed by atoms with E-state index in [0.29, 0.717) is 0 Å². The third kappa shape index (κ3) is 2.29. The van der Waals surface area contributed by atoms with Gasteiger partial charge in [0.1, 0.15) is 0 Å². The van der Waals surface area contributed by atoms with Crippen LogP contribution in [0.4, 0.5) is 0 Å². The van der Waals surface area contributed by atoms with E-state index in [1.807, 2.05) is 11.3 Å². The molecule has 0 N–H and O–H groups in total. The third-order valence-corrected chi connectivity index (χ3v) is 5.38. The van der Waals surface area contributed by atoms with Gasteiger partial charge in [-0.3, -0.25) is 0 Å². The van der Waals surface area contributed by atoms with Gasteiger partial charge in [0.2, 0.25) is 0 Å². The Balaban J connectivity index is 2.03. The SMILES string of the molecule is Cc1cc(-c2cc3ccc(Br)cc3s2)c2ccccc2c1. The molecule has 0 aliphatic rings. The molecule has 0 aliphatic carbocycles. The predicted octanol–water partition coefficient (Wildman–Crippen LogP) is 6.79. The van der Waals surface area contributed by atoms with Gasteiger partial charge < -0.3 is 0 Å². The summed E-state index contributed by atoms with van der Waals surface area (Å²) >= 11 is 5.41. The summed E-state index contributed by atoms with van der Waals surface area (Å²) in [6, 6.07) is 21.9. The Bertz CT molecular complexity index is 966. The molecule has 2 heteroatoms. The third-order valence-electron chi connectivity index (χ3n) is 3.75. The molecular formula is C19H13BrS. The van der Waals surface area contributed by atoms with E-state index in [9.17, 15) is 0 Å². The molecule has 0 unspecified atom stereocenters. The predicted molar refractivity (Wildman–Crippen MR) is 97.2 cm³/mol. The molecule has 0 bridgehead atoms. The van der Waals surface area contributed by atoms with Gasteiger partial charge >= 0.3 is 0 Å². The number of aryl methyl sites for hydroxylation is 1. The lowest BCUT2D eigenvalue weighted by atomic mass is 10.0. The molecular weight excluding hydrogens is 340 g/mol. The van der Waals surface area contributed by atoms with Crippen molar-refractivity contribution in [3.63, 3.8) is 0 Å². The largest absolute Gasteiger partial charge is 0.135 e. The van der Waals surface area contributed by atoms with Crippen molar-refractivity contribution >= 4 is 48.1 Å². The first kappa shape index (κ1) is 13.1. The second kappa shape index (κ2) is 4.97. The van der Waals surface area contributed by atoms with Gasteiger partial charge in [-0.25, -0.2) is 0 Å². The quantitative estimate of drug-likeness (QED) is 0.353. The van der Waals surface area contributed by atoms with Gasteiger partial charge in [-0.2, -0.15) is 0 Å². The van der Waals surface area contributed by atoms with Crippen molar-refractivity contribution in [2.75, 3.05) is 0 Å². The van der Waals surface area contributed by atoms with E-state index >= 15 is 0 Å². The van der Waals surface area contributed by atoms with Gasteiger partial charge in [0.25, 0.3) is 0 Å². The molecule has 0 spiro atoms. The van der Waals surface area contributed by atoms with Gasteiger partial charge in [0, 0.05) is 14.0 Å². The van der Waals surface area contributed by atoms with E-state index in [0.717, 1.165) is 4.47 Å². The van der Waals surface area contributed by atoms with Crippen LogP contribution in [0.1, 0.15) is 5.56 Å². The molecule has 102 valence electrons. The first-order valence-corrected chi connectivity index (χ1v) is 8.50. The molecule has 0 nitrogen and oxygen atoms in total. The van der Waals surface area contributed by atoms with Crippen LogP contribution in [0, 0.1) is 6.92 Å². The smallest absolute Gasteiger partial charge is 0.0361 e. The number of rotatable bonds is 1. The van der Waals surface area contributed by atoms with Crippen LogP contribution in [0.25, 0.3) is 31.3 Å². The molecule has 0 radical (unpaired) electrons. The Morgan fingerprint density at radius 2 is 1.71 bits per heavy atom. The molecule has 3 aromatic carbocycles. The number of fused-ring (bicyclic) bond motifs is 2. The van der Waals surface area contributed by atoms with Crippen molar-refractivity contribution in [3.8, 4) is 10.4 Å². The molecule has 0 saturated heterocycles. The van der Waals surface area contributed by atoms with Gasteiger partial charge in [0.15, 0.2) is 0 Å². The topological polar surface area (TPSA) is 0 Å². The molecule has 0 aliphatic heterocycles.